The molecule has 1 atom stereocenters. The first-order valence-electron chi connectivity index (χ1n) is 9.16. The summed E-state index contributed by atoms with van der Waals surface area (Å²) in [5, 5.41) is 4.43. The number of anilines is 1. The number of likely N-dealkylation sites (N-methyl/N-ethyl adjacent to an activating group) is 1. The van der Waals surface area contributed by atoms with Gasteiger partial charge in [-0.3, -0.25) is 14.4 Å². The van der Waals surface area contributed by atoms with E-state index in [1.165, 1.54) is 12.1 Å². The molecule has 0 spiro atoms. The van der Waals surface area contributed by atoms with Crippen LogP contribution < -0.4 is 4.90 Å². The molecule has 3 amide bonds. The zero-order valence-electron chi connectivity index (χ0n) is 15.7. The van der Waals surface area contributed by atoms with E-state index in [1.807, 2.05) is 11.6 Å². The minimum absolute atomic E-state index is 0.00835. The first-order valence-corrected chi connectivity index (χ1v) is 9.53. The molecule has 1 fully saturated rings. The predicted molar refractivity (Wildman–Crippen MR) is 103 cm³/mol. The molecule has 1 aromatic carbocycles. The summed E-state index contributed by atoms with van der Waals surface area (Å²) in [5.41, 5.74) is 2.27. The summed E-state index contributed by atoms with van der Waals surface area (Å²) in [6.07, 6.45) is 1.84. The number of hydrogen-bond acceptors (Lipinski definition) is 3. The van der Waals surface area contributed by atoms with Crippen molar-refractivity contribution in [3.05, 3.63) is 46.5 Å². The number of hydrogen-bond donors (Lipinski definition) is 0. The molecule has 9 heteroatoms. The van der Waals surface area contributed by atoms with Crippen LogP contribution in [-0.4, -0.2) is 57.7 Å². The topological polar surface area (TPSA) is 61.7 Å². The average molecular weight is 406 g/mol. The van der Waals surface area contributed by atoms with E-state index < -0.39 is 5.82 Å². The normalized spacial score (nSPS) is 19.4. The maximum absolute atomic E-state index is 13.4. The molecule has 0 aliphatic carbocycles. The Kier molecular flexibility index (Phi) is 4.74. The summed E-state index contributed by atoms with van der Waals surface area (Å²) in [4.78, 5) is 30.4. The van der Waals surface area contributed by atoms with Crippen molar-refractivity contribution in [2.45, 2.75) is 32.5 Å². The maximum Gasteiger partial charge on any atom is 0.324 e. The third-order valence-corrected chi connectivity index (χ3v) is 5.67. The zero-order valence-corrected chi connectivity index (χ0v) is 16.5. The second-order valence-corrected chi connectivity index (χ2v) is 7.72. The van der Waals surface area contributed by atoms with Crippen LogP contribution in [0.25, 0.3) is 0 Å². The summed E-state index contributed by atoms with van der Waals surface area (Å²) < 4.78 is 15.2. The van der Waals surface area contributed by atoms with Crippen LogP contribution >= 0.6 is 11.6 Å². The van der Waals surface area contributed by atoms with E-state index in [0.717, 1.165) is 11.4 Å². The van der Waals surface area contributed by atoms with Crippen molar-refractivity contribution in [3.8, 4) is 0 Å². The molecule has 28 heavy (non-hydrogen) atoms. The highest BCUT2D eigenvalue weighted by molar-refractivity contribution is 6.30. The van der Waals surface area contributed by atoms with Gasteiger partial charge in [-0.2, -0.15) is 5.10 Å². The third kappa shape index (κ3) is 3.22. The van der Waals surface area contributed by atoms with Gasteiger partial charge in [0.15, 0.2) is 0 Å². The molecule has 3 heterocycles. The van der Waals surface area contributed by atoms with Gasteiger partial charge in [0.2, 0.25) is 5.91 Å². The van der Waals surface area contributed by atoms with E-state index in [1.54, 1.807) is 34.0 Å². The quantitative estimate of drug-likeness (QED) is 0.788. The number of fused-ring (bicyclic) bond motifs is 1. The fourth-order valence-electron chi connectivity index (χ4n) is 3.74. The minimum atomic E-state index is -0.502. The Morgan fingerprint density at radius 3 is 2.82 bits per heavy atom. The summed E-state index contributed by atoms with van der Waals surface area (Å²) in [6.45, 7) is 4.16. The Bertz CT molecular complexity index is 946. The lowest BCUT2D eigenvalue weighted by Gasteiger charge is -2.35. The molecule has 0 N–H and O–H groups in total. The molecule has 4 rings (SSSR count). The van der Waals surface area contributed by atoms with Gasteiger partial charge < -0.3 is 9.80 Å². The van der Waals surface area contributed by atoms with Crippen molar-refractivity contribution < 1.29 is 14.0 Å². The van der Waals surface area contributed by atoms with Gasteiger partial charge in [0.1, 0.15) is 5.82 Å². The van der Waals surface area contributed by atoms with Crippen LogP contribution in [0.2, 0.25) is 5.02 Å². The largest absolute Gasteiger partial charge is 0.332 e. The van der Waals surface area contributed by atoms with Gasteiger partial charge in [-0.05, 0) is 24.6 Å². The molecule has 2 aliphatic heterocycles. The Morgan fingerprint density at radius 2 is 2.14 bits per heavy atom. The smallest absolute Gasteiger partial charge is 0.324 e. The highest BCUT2D eigenvalue weighted by Crippen LogP contribution is 2.29. The summed E-state index contributed by atoms with van der Waals surface area (Å²) in [7, 11) is 1.77. The number of amides is 3. The number of aromatic nitrogens is 2. The molecule has 0 radical (unpaired) electrons. The van der Waals surface area contributed by atoms with Crippen molar-refractivity contribution >= 4 is 29.2 Å². The number of urea groups is 1. The molecule has 1 saturated heterocycles. The van der Waals surface area contributed by atoms with Gasteiger partial charge in [0, 0.05) is 26.2 Å². The molecule has 2 aromatic rings. The van der Waals surface area contributed by atoms with Gasteiger partial charge in [-0.25, -0.2) is 9.18 Å². The molecule has 148 valence electrons. The first-order chi connectivity index (χ1) is 13.3. The van der Waals surface area contributed by atoms with Crippen LogP contribution in [0.1, 0.15) is 18.2 Å². The molecule has 0 unspecified atom stereocenters. The Balaban J connectivity index is 1.55. The SMILES string of the molecule is C[C@H]1Cn2ncc(N3CCN(C)C3=O)c2CN1C(=O)Cc1ccc(F)c(Cl)c1. The highest BCUT2D eigenvalue weighted by Gasteiger charge is 2.34. The van der Waals surface area contributed by atoms with Crippen LogP contribution in [-0.2, 0) is 24.3 Å². The number of halogens is 2. The number of carbonyl (C=O) groups excluding carboxylic acids is 2. The second-order valence-electron chi connectivity index (χ2n) is 7.31. The molecule has 7 nitrogen and oxygen atoms in total. The van der Waals surface area contributed by atoms with E-state index in [4.69, 9.17) is 11.6 Å². The third-order valence-electron chi connectivity index (χ3n) is 5.38. The Hall–Kier alpha value is -2.61. The lowest BCUT2D eigenvalue weighted by atomic mass is 10.1. The molecular weight excluding hydrogens is 385 g/mol. The van der Waals surface area contributed by atoms with E-state index in [2.05, 4.69) is 5.10 Å². The van der Waals surface area contributed by atoms with E-state index in [-0.39, 0.29) is 29.4 Å². The predicted octanol–water partition coefficient (Wildman–Crippen LogP) is 2.52. The van der Waals surface area contributed by atoms with Crippen molar-refractivity contribution in [3.63, 3.8) is 0 Å². The summed E-state index contributed by atoms with van der Waals surface area (Å²) in [6, 6.07) is 4.22. The standard InChI is InChI=1S/C19H21ClFN5O2/c1-12-10-26-17(16(9-22-26)24-6-5-23(2)19(24)28)11-25(12)18(27)8-13-3-4-15(21)14(20)7-13/h3-4,7,9,12H,5-6,8,10-11H2,1-2H3/t12-/m0/s1. The van der Waals surface area contributed by atoms with Gasteiger partial charge in [-0.1, -0.05) is 17.7 Å². The average Bonchev–Trinajstić information content (AvgIpc) is 3.20. The van der Waals surface area contributed by atoms with Crippen LogP contribution in [0.5, 0.6) is 0 Å². The maximum atomic E-state index is 13.4. The van der Waals surface area contributed by atoms with E-state index in [9.17, 15) is 14.0 Å². The van der Waals surface area contributed by atoms with E-state index >= 15 is 0 Å². The number of carbonyl (C=O) groups is 2. The summed E-state index contributed by atoms with van der Waals surface area (Å²) >= 11 is 5.83. The van der Waals surface area contributed by atoms with Gasteiger partial charge >= 0.3 is 6.03 Å². The van der Waals surface area contributed by atoms with Crippen molar-refractivity contribution in [2.75, 3.05) is 25.0 Å². The van der Waals surface area contributed by atoms with Gasteiger partial charge in [0.25, 0.3) is 0 Å². The summed E-state index contributed by atoms with van der Waals surface area (Å²) in [5.74, 6) is -0.573. The van der Waals surface area contributed by atoms with Crippen molar-refractivity contribution in [1.29, 1.82) is 0 Å². The lowest BCUT2D eigenvalue weighted by Crippen LogP contribution is -2.46. The first kappa shape index (κ1) is 18.7. The zero-order chi connectivity index (χ0) is 20.0. The number of rotatable bonds is 3. The van der Waals surface area contributed by atoms with E-state index in [0.29, 0.717) is 31.7 Å². The van der Waals surface area contributed by atoms with Gasteiger partial charge in [-0.15, -0.1) is 0 Å². The monoisotopic (exact) mass is 405 g/mol. The number of nitrogens with zero attached hydrogens (tertiary/aromatic N) is 5. The molecular formula is C19H21ClFN5O2. The van der Waals surface area contributed by atoms with Crippen LogP contribution in [0.15, 0.2) is 24.4 Å². The lowest BCUT2D eigenvalue weighted by molar-refractivity contribution is -0.134. The number of benzene rings is 1. The van der Waals surface area contributed by atoms with Crippen molar-refractivity contribution in [2.24, 2.45) is 0 Å². The van der Waals surface area contributed by atoms with Gasteiger partial charge in [0.05, 0.1) is 42.1 Å². The molecule has 2 aliphatic rings. The minimum Gasteiger partial charge on any atom is -0.332 e. The van der Waals surface area contributed by atoms with Crippen LogP contribution in [0.3, 0.4) is 0 Å². The fourth-order valence-corrected chi connectivity index (χ4v) is 3.95. The van der Waals surface area contributed by atoms with Crippen LogP contribution in [0.4, 0.5) is 14.9 Å². The molecule has 1 aromatic heterocycles. The fraction of sp³-hybridized carbons (Fsp3) is 0.421. The Labute approximate surface area is 167 Å². The van der Waals surface area contributed by atoms with Crippen molar-refractivity contribution in [1.82, 2.24) is 19.6 Å². The van der Waals surface area contributed by atoms with Crippen LogP contribution in [0, 0.1) is 5.82 Å². The Morgan fingerprint density at radius 1 is 1.36 bits per heavy atom. The second kappa shape index (κ2) is 7.09. The highest BCUT2D eigenvalue weighted by atomic mass is 35.5. The molecule has 0 bridgehead atoms. The molecule has 0 saturated carbocycles.